The molecule has 0 saturated carbocycles. The Morgan fingerprint density at radius 2 is 1.50 bits per heavy atom. The lowest BCUT2D eigenvalue weighted by molar-refractivity contribution is -0.136. The van der Waals surface area contributed by atoms with Crippen LogP contribution in [0.25, 0.3) is 0 Å². The van der Waals surface area contributed by atoms with Crippen LogP contribution >= 0.6 is 23.2 Å². The minimum Gasteiger partial charge on any atom is -0.341 e. The van der Waals surface area contributed by atoms with Crippen molar-refractivity contribution in [1.82, 2.24) is 14.7 Å². The summed E-state index contributed by atoms with van der Waals surface area (Å²) in [5.41, 5.74) is 0.682. The van der Waals surface area contributed by atoms with Crippen LogP contribution in [0.1, 0.15) is 25.8 Å². The van der Waals surface area contributed by atoms with Crippen molar-refractivity contribution in [3.63, 3.8) is 0 Å². The summed E-state index contributed by atoms with van der Waals surface area (Å²) in [6.45, 7) is 9.27. The van der Waals surface area contributed by atoms with Crippen molar-refractivity contribution in [1.29, 1.82) is 0 Å². The zero-order chi connectivity index (χ0) is 20.3. The van der Waals surface area contributed by atoms with Crippen LogP contribution in [0, 0.1) is 11.8 Å². The summed E-state index contributed by atoms with van der Waals surface area (Å²) in [7, 11) is 0. The van der Waals surface area contributed by atoms with Crippen molar-refractivity contribution in [2.45, 2.75) is 26.7 Å². The standard InChI is InChI=1S/C21H29Cl2N3O2/c1-15-10-16(2)13-26(12-15)21(28)14-24-6-8-25(9-7-24)20(27)11-17-18(22)4-3-5-19(17)23/h3-5,15-16H,6-14H2,1-2H3. The number of rotatable bonds is 4. The second-order valence-corrected chi connectivity index (χ2v) is 9.09. The summed E-state index contributed by atoms with van der Waals surface area (Å²) in [6, 6.07) is 5.28. The first-order valence-corrected chi connectivity index (χ1v) is 10.8. The third-order valence-corrected chi connectivity index (χ3v) is 6.40. The van der Waals surface area contributed by atoms with Crippen molar-refractivity contribution in [3.05, 3.63) is 33.8 Å². The molecule has 2 atom stereocenters. The van der Waals surface area contributed by atoms with Crippen molar-refractivity contribution >= 4 is 35.0 Å². The van der Waals surface area contributed by atoms with E-state index < -0.39 is 0 Å². The highest BCUT2D eigenvalue weighted by Crippen LogP contribution is 2.25. The number of hydrogen-bond donors (Lipinski definition) is 0. The number of nitrogens with zero attached hydrogens (tertiary/aromatic N) is 3. The van der Waals surface area contributed by atoms with Crippen molar-refractivity contribution < 1.29 is 9.59 Å². The lowest BCUT2D eigenvalue weighted by atomic mass is 9.92. The molecule has 1 aromatic rings. The fourth-order valence-corrected chi connectivity index (χ4v) is 4.81. The van der Waals surface area contributed by atoms with Gasteiger partial charge in [0.2, 0.25) is 11.8 Å². The van der Waals surface area contributed by atoms with Gasteiger partial charge < -0.3 is 9.80 Å². The first-order valence-electron chi connectivity index (χ1n) is 10.0. The van der Waals surface area contributed by atoms with Crippen LogP contribution in [0.3, 0.4) is 0 Å². The molecular formula is C21H29Cl2N3O2. The van der Waals surface area contributed by atoms with Crippen LogP contribution in [0.2, 0.25) is 10.0 Å². The predicted molar refractivity (Wildman–Crippen MR) is 113 cm³/mol. The highest BCUT2D eigenvalue weighted by molar-refractivity contribution is 6.36. The minimum absolute atomic E-state index is 0.0275. The van der Waals surface area contributed by atoms with Gasteiger partial charge in [0.25, 0.3) is 0 Å². The number of carbonyl (C=O) groups excluding carboxylic acids is 2. The zero-order valence-electron chi connectivity index (χ0n) is 16.7. The van der Waals surface area contributed by atoms with Gasteiger partial charge in [0.05, 0.1) is 13.0 Å². The van der Waals surface area contributed by atoms with Gasteiger partial charge in [-0.05, 0) is 36.0 Å². The van der Waals surface area contributed by atoms with Crippen molar-refractivity contribution in [3.8, 4) is 0 Å². The van der Waals surface area contributed by atoms with Crippen molar-refractivity contribution in [2.24, 2.45) is 11.8 Å². The van der Waals surface area contributed by atoms with E-state index in [1.54, 1.807) is 18.2 Å². The number of amides is 2. The first kappa shape index (κ1) is 21.4. The molecule has 2 fully saturated rings. The van der Waals surface area contributed by atoms with E-state index >= 15 is 0 Å². The number of carbonyl (C=O) groups is 2. The number of hydrogen-bond acceptors (Lipinski definition) is 3. The average molecular weight is 426 g/mol. The minimum atomic E-state index is 0.0275. The molecule has 2 unspecified atom stereocenters. The Bertz CT molecular complexity index is 689. The fourth-order valence-electron chi connectivity index (χ4n) is 4.28. The van der Waals surface area contributed by atoms with Gasteiger partial charge >= 0.3 is 0 Å². The Kier molecular flexibility index (Phi) is 7.24. The Morgan fingerprint density at radius 3 is 2.07 bits per heavy atom. The molecule has 0 aliphatic carbocycles. The lowest BCUT2D eigenvalue weighted by Gasteiger charge is -2.38. The number of benzene rings is 1. The van der Waals surface area contributed by atoms with Gasteiger partial charge in [0.1, 0.15) is 0 Å². The number of piperazine rings is 1. The molecule has 28 heavy (non-hydrogen) atoms. The molecule has 0 aromatic heterocycles. The second kappa shape index (κ2) is 9.47. The van der Waals surface area contributed by atoms with E-state index in [2.05, 4.69) is 18.7 Å². The monoisotopic (exact) mass is 425 g/mol. The highest BCUT2D eigenvalue weighted by Gasteiger charge is 2.28. The van der Waals surface area contributed by atoms with Crippen LogP contribution in [-0.2, 0) is 16.0 Å². The van der Waals surface area contributed by atoms with Gasteiger partial charge in [-0.3, -0.25) is 14.5 Å². The van der Waals surface area contributed by atoms with Gasteiger partial charge in [0, 0.05) is 49.3 Å². The van der Waals surface area contributed by atoms with E-state index in [1.165, 1.54) is 6.42 Å². The summed E-state index contributed by atoms with van der Waals surface area (Å²) in [5, 5.41) is 1.05. The van der Waals surface area contributed by atoms with Gasteiger partial charge in [-0.1, -0.05) is 43.1 Å². The lowest BCUT2D eigenvalue weighted by Crippen LogP contribution is -2.53. The molecule has 0 bridgehead atoms. The van der Waals surface area contributed by atoms with Gasteiger partial charge in [0.15, 0.2) is 0 Å². The quantitative estimate of drug-likeness (QED) is 0.743. The zero-order valence-corrected chi connectivity index (χ0v) is 18.2. The van der Waals surface area contributed by atoms with Gasteiger partial charge in [-0.15, -0.1) is 0 Å². The van der Waals surface area contributed by atoms with E-state index in [0.29, 0.717) is 60.2 Å². The van der Waals surface area contributed by atoms with E-state index in [1.807, 2.05) is 9.80 Å². The van der Waals surface area contributed by atoms with E-state index in [4.69, 9.17) is 23.2 Å². The molecule has 0 radical (unpaired) electrons. The number of halogens is 2. The van der Waals surface area contributed by atoms with Crippen LogP contribution < -0.4 is 0 Å². The molecule has 2 saturated heterocycles. The summed E-state index contributed by atoms with van der Waals surface area (Å²) in [4.78, 5) is 31.3. The molecule has 2 amide bonds. The molecule has 5 nitrogen and oxygen atoms in total. The molecule has 0 N–H and O–H groups in total. The predicted octanol–water partition coefficient (Wildman–Crippen LogP) is 3.18. The van der Waals surface area contributed by atoms with Crippen LogP contribution in [0.5, 0.6) is 0 Å². The Balaban J connectivity index is 1.47. The summed E-state index contributed by atoms with van der Waals surface area (Å²) < 4.78 is 0. The average Bonchev–Trinajstić information content (AvgIpc) is 2.64. The van der Waals surface area contributed by atoms with Gasteiger partial charge in [-0.2, -0.15) is 0 Å². The molecule has 154 valence electrons. The maximum atomic E-state index is 12.7. The summed E-state index contributed by atoms with van der Waals surface area (Å²) in [6.07, 6.45) is 1.40. The maximum Gasteiger partial charge on any atom is 0.236 e. The smallest absolute Gasteiger partial charge is 0.236 e. The molecule has 7 heteroatoms. The van der Waals surface area contributed by atoms with Crippen LogP contribution in [-0.4, -0.2) is 72.3 Å². The Labute approximate surface area is 177 Å². The van der Waals surface area contributed by atoms with Crippen LogP contribution in [0.4, 0.5) is 0 Å². The number of likely N-dealkylation sites (tertiary alicyclic amines) is 1. The number of piperidine rings is 1. The Hall–Kier alpha value is -1.30. The molecule has 2 aliphatic rings. The third-order valence-electron chi connectivity index (χ3n) is 5.70. The maximum absolute atomic E-state index is 12.7. The topological polar surface area (TPSA) is 43.9 Å². The largest absolute Gasteiger partial charge is 0.341 e. The second-order valence-electron chi connectivity index (χ2n) is 8.28. The Morgan fingerprint density at radius 1 is 0.929 bits per heavy atom. The molecule has 2 heterocycles. The SMILES string of the molecule is CC1CC(C)CN(C(=O)CN2CCN(C(=O)Cc3c(Cl)cccc3Cl)CC2)C1. The van der Waals surface area contributed by atoms with E-state index in [9.17, 15) is 9.59 Å². The normalized spacial score (nSPS) is 23.7. The van der Waals surface area contributed by atoms with E-state index in [-0.39, 0.29) is 18.2 Å². The third kappa shape index (κ3) is 5.40. The summed E-state index contributed by atoms with van der Waals surface area (Å²) in [5.74, 6) is 1.37. The molecule has 0 spiro atoms. The van der Waals surface area contributed by atoms with E-state index in [0.717, 1.165) is 13.1 Å². The first-order chi connectivity index (χ1) is 13.3. The molecule has 3 rings (SSSR count). The fraction of sp³-hybridized carbons (Fsp3) is 0.619. The van der Waals surface area contributed by atoms with Gasteiger partial charge in [-0.25, -0.2) is 0 Å². The molecular weight excluding hydrogens is 397 g/mol. The molecule has 1 aromatic carbocycles. The summed E-state index contributed by atoms with van der Waals surface area (Å²) >= 11 is 12.4. The van der Waals surface area contributed by atoms with Crippen LogP contribution in [0.15, 0.2) is 18.2 Å². The van der Waals surface area contributed by atoms with Crippen molar-refractivity contribution in [2.75, 3.05) is 45.8 Å². The highest BCUT2D eigenvalue weighted by atomic mass is 35.5. The molecule has 2 aliphatic heterocycles.